The molecule has 0 aromatic heterocycles. The van der Waals surface area contributed by atoms with Gasteiger partial charge in [-0.15, -0.1) is 5.11 Å². The molecule has 0 saturated heterocycles. The zero-order valence-electron chi connectivity index (χ0n) is 13.5. The van der Waals surface area contributed by atoms with E-state index in [0.717, 1.165) is 25.2 Å². The van der Waals surface area contributed by atoms with Crippen LogP contribution in [0, 0.1) is 0 Å². The third-order valence-electron chi connectivity index (χ3n) is 3.83. The Labute approximate surface area is 136 Å². The van der Waals surface area contributed by atoms with Crippen molar-refractivity contribution < 1.29 is 9.59 Å². The van der Waals surface area contributed by atoms with Gasteiger partial charge < -0.3 is 5.32 Å². The highest BCUT2D eigenvalue weighted by atomic mass is 16.2. The number of azo groups is 1. The lowest BCUT2D eigenvalue weighted by Gasteiger charge is -2.20. The monoisotopic (exact) mass is 314 g/mol. The zero-order valence-corrected chi connectivity index (χ0v) is 13.5. The minimum absolute atomic E-state index is 0.254. The van der Waals surface area contributed by atoms with Crippen molar-refractivity contribution in [1.82, 2.24) is 10.2 Å². The van der Waals surface area contributed by atoms with Crippen LogP contribution in [0.15, 0.2) is 46.6 Å². The van der Waals surface area contributed by atoms with Gasteiger partial charge in [0.05, 0.1) is 0 Å². The number of nitrogens with one attached hydrogen (secondary N) is 1. The molecule has 23 heavy (non-hydrogen) atoms. The first-order valence-corrected chi connectivity index (χ1v) is 7.83. The molecule has 0 saturated carbocycles. The van der Waals surface area contributed by atoms with Gasteiger partial charge in [0.1, 0.15) is 0 Å². The molecule has 1 aromatic rings. The van der Waals surface area contributed by atoms with Crippen LogP contribution in [-0.2, 0) is 22.7 Å². The molecular formula is C17H22N4O2. The molecule has 1 aliphatic rings. The van der Waals surface area contributed by atoms with Gasteiger partial charge >= 0.3 is 0 Å². The molecule has 0 aliphatic carbocycles. The molecule has 1 aromatic carbocycles. The maximum atomic E-state index is 12.1. The average Bonchev–Trinajstić information content (AvgIpc) is 2.59. The van der Waals surface area contributed by atoms with Crippen LogP contribution >= 0.6 is 0 Å². The number of carbonyl (C=O) groups is 2. The van der Waals surface area contributed by atoms with E-state index in [1.165, 1.54) is 17.7 Å². The quantitative estimate of drug-likeness (QED) is 0.837. The highest BCUT2D eigenvalue weighted by molar-refractivity contribution is 5.92. The summed E-state index contributed by atoms with van der Waals surface area (Å²) in [6.07, 6.45) is 2.73. The lowest BCUT2D eigenvalue weighted by molar-refractivity contribution is -0.121. The first-order chi connectivity index (χ1) is 11.1. The van der Waals surface area contributed by atoms with Crippen molar-refractivity contribution in [3.8, 4) is 0 Å². The molecule has 2 amide bonds. The summed E-state index contributed by atoms with van der Waals surface area (Å²) in [6, 6.07) is 7.35. The predicted molar refractivity (Wildman–Crippen MR) is 87.7 cm³/mol. The van der Waals surface area contributed by atoms with Gasteiger partial charge in [-0.25, -0.2) is 0 Å². The van der Waals surface area contributed by atoms with Crippen molar-refractivity contribution in [2.75, 3.05) is 13.1 Å². The van der Waals surface area contributed by atoms with Gasteiger partial charge in [0.15, 0.2) is 6.04 Å². The summed E-state index contributed by atoms with van der Waals surface area (Å²) in [5.41, 5.74) is 2.29. The van der Waals surface area contributed by atoms with Crippen LogP contribution in [0.2, 0.25) is 0 Å². The first kappa shape index (κ1) is 17.0. The molecule has 2 rings (SSSR count). The molecule has 1 atom stereocenters. The fourth-order valence-corrected chi connectivity index (χ4v) is 2.36. The molecule has 1 heterocycles. The second-order valence-electron chi connectivity index (χ2n) is 5.31. The van der Waals surface area contributed by atoms with E-state index >= 15 is 0 Å². The van der Waals surface area contributed by atoms with E-state index in [4.69, 9.17) is 0 Å². The van der Waals surface area contributed by atoms with Crippen molar-refractivity contribution in [3.63, 3.8) is 0 Å². The van der Waals surface area contributed by atoms with Crippen LogP contribution in [0.4, 0.5) is 0 Å². The number of benzene rings is 1. The number of amides is 2. The molecule has 0 radical (unpaired) electrons. The van der Waals surface area contributed by atoms with Crippen molar-refractivity contribution in [3.05, 3.63) is 47.5 Å². The molecule has 1 unspecified atom stereocenters. The average molecular weight is 314 g/mol. The molecular weight excluding hydrogens is 292 g/mol. The number of hydrogen-bond acceptors (Lipinski definition) is 4. The van der Waals surface area contributed by atoms with Crippen molar-refractivity contribution in [2.24, 2.45) is 10.2 Å². The maximum Gasteiger partial charge on any atom is 0.287 e. The predicted octanol–water partition coefficient (Wildman–Crippen LogP) is 2.06. The largest absolute Gasteiger partial charge is 0.350 e. The standard InChI is InChI=1S/C17H22N4O2/c1-3-21(4-2)12-14-8-6-5-7-13(14)11-18-17(23)15-9-10-16(22)20-19-15/h5-10,15H,3-4,11-12H2,1-2H3,(H,18,23). The van der Waals surface area contributed by atoms with Gasteiger partial charge in [0.25, 0.3) is 11.8 Å². The van der Waals surface area contributed by atoms with E-state index < -0.39 is 11.9 Å². The molecule has 6 nitrogen and oxygen atoms in total. The van der Waals surface area contributed by atoms with E-state index in [0.29, 0.717) is 6.54 Å². The van der Waals surface area contributed by atoms with Gasteiger partial charge in [-0.3, -0.25) is 14.5 Å². The zero-order chi connectivity index (χ0) is 16.7. The second kappa shape index (κ2) is 8.33. The van der Waals surface area contributed by atoms with Crippen LogP contribution in [0.25, 0.3) is 0 Å². The molecule has 122 valence electrons. The number of rotatable bonds is 7. The highest BCUT2D eigenvalue weighted by Crippen LogP contribution is 2.12. The lowest BCUT2D eigenvalue weighted by atomic mass is 10.1. The minimum Gasteiger partial charge on any atom is -0.350 e. The summed E-state index contributed by atoms with van der Waals surface area (Å²) in [7, 11) is 0. The van der Waals surface area contributed by atoms with Gasteiger partial charge in [0.2, 0.25) is 0 Å². The Morgan fingerprint density at radius 2 is 1.91 bits per heavy atom. The Kier molecular flexibility index (Phi) is 6.17. The van der Waals surface area contributed by atoms with E-state index in [-0.39, 0.29) is 5.91 Å². The number of nitrogens with zero attached hydrogens (tertiary/aromatic N) is 3. The van der Waals surface area contributed by atoms with Gasteiger partial charge in [-0.05, 0) is 30.3 Å². The van der Waals surface area contributed by atoms with E-state index in [1.54, 1.807) is 0 Å². The van der Waals surface area contributed by atoms with Crippen LogP contribution in [-0.4, -0.2) is 35.8 Å². The van der Waals surface area contributed by atoms with Gasteiger partial charge in [-0.2, -0.15) is 5.11 Å². The van der Waals surface area contributed by atoms with Crippen molar-refractivity contribution >= 4 is 11.8 Å². The van der Waals surface area contributed by atoms with Crippen LogP contribution < -0.4 is 5.32 Å². The van der Waals surface area contributed by atoms with Gasteiger partial charge in [0, 0.05) is 19.2 Å². The second-order valence-corrected chi connectivity index (χ2v) is 5.31. The number of hydrogen-bond donors (Lipinski definition) is 1. The normalized spacial score (nSPS) is 16.8. The van der Waals surface area contributed by atoms with Crippen LogP contribution in [0.3, 0.4) is 0 Å². The summed E-state index contributed by atoms with van der Waals surface area (Å²) in [5, 5.41) is 9.95. The summed E-state index contributed by atoms with van der Waals surface area (Å²) >= 11 is 0. The van der Waals surface area contributed by atoms with E-state index in [9.17, 15) is 9.59 Å². The van der Waals surface area contributed by atoms with E-state index in [1.807, 2.05) is 18.2 Å². The van der Waals surface area contributed by atoms with Crippen molar-refractivity contribution in [2.45, 2.75) is 33.0 Å². The van der Waals surface area contributed by atoms with Crippen LogP contribution in [0.5, 0.6) is 0 Å². The Morgan fingerprint density at radius 3 is 2.52 bits per heavy atom. The first-order valence-electron chi connectivity index (χ1n) is 7.83. The smallest absolute Gasteiger partial charge is 0.287 e. The maximum absolute atomic E-state index is 12.1. The minimum atomic E-state index is -0.720. The summed E-state index contributed by atoms with van der Waals surface area (Å²) < 4.78 is 0. The third-order valence-corrected chi connectivity index (χ3v) is 3.83. The lowest BCUT2D eigenvalue weighted by Crippen LogP contribution is -2.33. The van der Waals surface area contributed by atoms with Crippen molar-refractivity contribution in [1.29, 1.82) is 0 Å². The SMILES string of the molecule is CCN(CC)Cc1ccccc1CNC(=O)C1C=CC(=O)N=N1. The number of carbonyl (C=O) groups excluding carboxylic acids is 2. The summed E-state index contributed by atoms with van der Waals surface area (Å²) in [4.78, 5) is 25.3. The summed E-state index contributed by atoms with van der Waals surface area (Å²) in [6.45, 7) is 7.53. The molecule has 0 fully saturated rings. The molecule has 1 aliphatic heterocycles. The topological polar surface area (TPSA) is 74.1 Å². The Morgan fingerprint density at radius 1 is 1.22 bits per heavy atom. The molecule has 0 bridgehead atoms. The summed E-state index contributed by atoms with van der Waals surface area (Å²) in [5.74, 6) is -0.686. The molecule has 1 N–H and O–H groups in total. The third kappa shape index (κ3) is 4.82. The molecule has 6 heteroatoms. The Bertz CT molecular complexity index is 605. The van der Waals surface area contributed by atoms with E-state index in [2.05, 4.69) is 40.4 Å². The Hall–Kier alpha value is -2.34. The van der Waals surface area contributed by atoms with Gasteiger partial charge in [-0.1, -0.05) is 38.1 Å². The fourth-order valence-electron chi connectivity index (χ4n) is 2.36. The molecule has 0 spiro atoms. The highest BCUT2D eigenvalue weighted by Gasteiger charge is 2.18. The Balaban J connectivity index is 1.98. The van der Waals surface area contributed by atoms with Crippen LogP contribution in [0.1, 0.15) is 25.0 Å². The fraction of sp³-hybridized carbons (Fsp3) is 0.412.